The molecule has 0 aromatic carbocycles. The maximum atomic E-state index is 12.9. The second kappa shape index (κ2) is 6.72. The van der Waals surface area contributed by atoms with Gasteiger partial charge in [0.25, 0.3) is 0 Å². The van der Waals surface area contributed by atoms with Crippen LogP contribution in [-0.2, 0) is 27.0 Å². The zero-order valence-electron chi connectivity index (χ0n) is 13.0. The third kappa shape index (κ3) is 3.58. The fourth-order valence-corrected chi connectivity index (χ4v) is 2.81. The van der Waals surface area contributed by atoms with E-state index in [1.54, 1.807) is 0 Å². The average molecular weight is 393 g/mol. The first-order chi connectivity index (χ1) is 12.2. The topological polar surface area (TPSA) is 106 Å². The van der Waals surface area contributed by atoms with Crippen molar-refractivity contribution in [3.63, 3.8) is 0 Å². The molecule has 26 heavy (non-hydrogen) atoms. The summed E-state index contributed by atoms with van der Waals surface area (Å²) in [5.41, 5.74) is -0.960. The van der Waals surface area contributed by atoms with E-state index in [0.717, 1.165) is 16.7 Å². The predicted molar refractivity (Wildman–Crippen MR) is 80.4 cm³/mol. The van der Waals surface area contributed by atoms with Gasteiger partial charge in [0.1, 0.15) is 6.10 Å². The Kier molecular flexibility index (Phi) is 4.76. The molecule has 2 N–H and O–H groups in total. The van der Waals surface area contributed by atoms with Crippen molar-refractivity contribution >= 4 is 29.1 Å². The summed E-state index contributed by atoms with van der Waals surface area (Å²) in [6.07, 6.45) is -5.38. The molecule has 12 heteroatoms. The van der Waals surface area contributed by atoms with Crippen LogP contribution in [0.3, 0.4) is 0 Å². The van der Waals surface area contributed by atoms with E-state index >= 15 is 0 Å². The van der Waals surface area contributed by atoms with Crippen LogP contribution in [0.2, 0.25) is 5.02 Å². The summed E-state index contributed by atoms with van der Waals surface area (Å²) < 4.78 is 44.9. The lowest BCUT2D eigenvalue weighted by Crippen LogP contribution is -2.35. The average Bonchev–Trinajstić information content (AvgIpc) is 3.19. The van der Waals surface area contributed by atoms with Gasteiger partial charge in [0, 0.05) is 6.20 Å². The Morgan fingerprint density at radius 3 is 2.65 bits per heavy atom. The highest BCUT2D eigenvalue weighted by atomic mass is 35.5. The van der Waals surface area contributed by atoms with Crippen molar-refractivity contribution in [3.05, 3.63) is 28.7 Å². The Morgan fingerprint density at radius 2 is 2.04 bits per heavy atom. The standard InChI is InChI=1S/C14H12ClF3N4O4/c15-7-3-6(14(16,17)18)5-22-10(20-21-11(7)22)4-19-12(23)8-1-2-9(26-8)13(24)25/h3,5,8-9H,1-2,4H2,(H,19,23)(H,24,25)/t8-,9+/m0/s1. The molecular formula is C14H12ClF3N4O4. The molecule has 0 spiro atoms. The summed E-state index contributed by atoms with van der Waals surface area (Å²) in [6, 6.07) is 0.742. The Morgan fingerprint density at radius 1 is 1.35 bits per heavy atom. The SMILES string of the molecule is O=C(NCc1nnc2c(Cl)cc(C(F)(F)F)cn12)[C@@H]1CC[C@H](C(=O)O)O1. The highest BCUT2D eigenvalue weighted by molar-refractivity contribution is 6.33. The number of hydrogen-bond acceptors (Lipinski definition) is 5. The van der Waals surface area contributed by atoms with Crippen molar-refractivity contribution in [1.29, 1.82) is 0 Å². The highest BCUT2D eigenvalue weighted by Crippen LogP contribution is 2.32. The number of carbonyl (C=O) groups is 2. The van der Waals surface area contributed by atoms with Crippen LogP contribution in [0.4, 0.5) is 13.2 Å². The summed E-state index contributed by atoms with van der Waals surface area (Å²) >= 11 is 5.81. The minimum absolute atomic E-state index is 0.0203. The number of nitrogens with zero attached hydrogens (tertiary/aromatic N) is 3. The number of rotatable bonds is 4. The van der Waals surface area contributed by atoms with Gasteiger partial charge in [-0.3, -0.25) is 9.20 Å². The number of fused-ring (bicyclic) bond motifs is 1. The highest BCUT2D eigenvalue weighted by Gasteiger charge is 2.35. The third-order valence-corrected chi connectivity index (χ3v) is 4.14. The normalized spacial score (nSPS) is 20.5. The lowest BCUT2D eigenvalue weighted by Gasteiger charge is -2.12. The maximum Gasteiger partial charge on any atom is 0.417 e. The second-order valence-electron chi connectivity index (χ2n) is 5.63. The Labute approximate surface area is 148 Å². The van der Waals surface area contributed by atoms with Crippen LogP contribution >= 0.6 is 11.6 Å². The summed E-state index contributed by atoms with van der Waals surface area (Å²) in [5, 5.41) is 18.5. The molecule has 0 radical (unpaired) electrons. The summed E-state index contributed by atoms with van der Waals surface area (Å²) in [7, 11) is 0. The summed E-state index contributed by atoms with van der Waals surface area (Å²) in [5.74, 6) is -1.70. The van der Waals surface area contributed by atoms with Gasteiger partial charge in [0.2, 0.25) is 5.91 Å². The monoisotopic (exact) mass is 392 g/mol. The van der Waals surface area contributed by atoms with Crippen molar-refractivity contribution in [3.8, 4) is 0 Å². The van der Waals surface area contributed by atoms with Gasteiger partial charge in [-0.25, -0.2) is 4.79 Å². The third-order valence-electron chi connectivity index (χ3n) is 3.87. The van der Waals surface area contributed by atoms with Crippen LogP contribution in [0, 0.1) is 0 Å². The van der Waals surface area contributed by atoms with Gasteiger partial charge in [-0.15, -0.1) is 10.2 Å². The van der Waals surface area contributed by atoms with Gasteiger partial charge in [0.05, 0.1) is 17.1 Å². The van der Waals surface area contributed by atoms with Gasteiger partial charge in [0.15, 0.2) is 17.6 Å². The molecule has 8 nitrogen and oxygen atoms in total. The number of hydrogen-bond donors (Lipinski definition) is 2. The number of aliphatic carboxylic acids is 1. The van der Waals surface area contributed by atoms with E-state index < -0.39 is 35.8 Å². The lowest BCUT2D eigenvalue weighted by atomic mass is 10.2. The van der Waals surface area contributed by atoms with E-state index in [9.17, 15) is 22.8 Å². The molecule has 140 valence electrons. The number of pyridine rings is 1. The van der Waals surface area contributed by atoms with Crippen molar-refractivity contribution in [1.82, 2.24) is 19.9 Å². The predicted octanol–water partition coefficient (Wildman–Crippen LogP) is 1.65. The number of aromatic nitrogens is 3. The maximum absolute atomic E-state index is 12.9. The Balaban J connectivity index is 1.74. The minimum atomic E-state index is -4.61. The van der Waals surface area contributed by atoms with E-state index in [4.69, 9.17) is 21.4 Å². The lowest BCUT2D eigenvalue weighted by molar-refractivity contribution is -0.151. The number of halogens is 4. The summed E-state index contributed by atoms with van der Waals surface area (Å²) in [6.45, 7) is -0.227. The number of carboxylic acids is 1. The van der Waals surface area contributed by atoms with Gasteiger partial charge >= 0.3 is 12.1 Å². The van der Waals surface area contributed by atoms with Gasteiger partial charge in [-0.05, 0) is 18.9 Å². The van der Waals surface area contributed by atoms with E-state index in [0.29, 0.717) is 0 Å². The molecule has 0 bridgehead atoms. The number of carbonyl (C=O) groups excluding carboxylic acids is 1. The molecule has 0 aliphatic carbocycles. The fraction of sp³-hybridized carbons (Fsp3) is 0.429. The van der Waals surface area contributed by atoms with Crippen LogP contribution < -0.4 is 5.32 Å². The molecule has 1 fully saturated rings. The molecule has 2 atom stereocenters. The van der Waals surface area contributed by atoms with Crippen LogP contribution in [0.5, 0.6) is 0 Å². The van der Waals surface area contributed by atoms with Gasteiger partial charge < -0.3 is 15.2 Å². The van der Waals surface area contributed by atoms with Gasteiger partial charge in [-0.1, -0.05) is 11.6 Å². The molecule has 1 aliphatic rings. The first-order valence-electron chi connectivity index (χ1n) is 7.43. The smallest absolute Gasteiger partial charge is 0.417 e. The van der Waals surface area contributed by atoms with Crippen molar-refractivity contribution in [2.45, 2.75) is 37.8 Å². The summed E-state index contributed by atoms with van der Waals surface area (Å²) in [4.78, 5) is 22.9. The van der Waals surface area contributed by atoms with E-state index in [1.807, 2.05) is 0 Å². The number of carboxylic acid groups (broad SMARTS) is 1. The zero-order valence-corrected chi connectivity index (χ0v) is 13.7. The van der Waals surface area contributed by atoms with E-state index in [2.05, 4.69) is 15.5 Å². The minimum Gasteiger partial charge on any atom is -0.479 e. The fourth-order valence-electron chi connectivity index (χ4n) is 2.57. The number of alkyl halides is 3. The molecule has 2 aromatic rings. The molecule has 0 unspecified atom stereocenters. The first kappa shape index (κ1) is 18.4. The number of nitrogens with one attached hydrogen (secondary N) is 1. The Hall–Kier alpha value is -2.40. The number of amides is 1. The molecule has 3 heterocycles. The zero-order chi connectivity index (χ0) is 19.1. The van der Waals surface area contributed by atoms with Crippen molar-refractivity contribution in [2.75, 3.05) is 0 Å². The number of ether oxygens (including phenoxy) is 1. The van der Waals surface area contributed by atoms with Crippen LogP contribution in [0.25, 0.3) is 5.65 Å². The first-order valence-corrected chi connectivity index (χ1v) is 7.81. The second-order valence-corrected chi connectivity index (χ2v) is 6.04. The molecule has 0 saturated carbocycles. The van der Waals surface area contributed by atoms with Crippen LogP contribution in [0.1, 0.15) is 24.2 Å². The van der Waals surface area contributed by atoms with Crippen molar-refractivity contribution < 1.29 is 32.6 Å². The largest absolute Gasteiger partial charge is 0.479 e. The van der Waals surface area contributed by atoms with E-state index in [-0.39, 0.29) is 35.9 Å². The van der Waals surface area contributed by atoms with E-state index in [1.165, 1.54) is 0 Å². The molecule has 2 aromatic heterocycles. The van der Waals surface area contributed by atoms with Gasteiger partial charge in [-0.2, -0.15) is 13.2 Å². The van der Waals surface area contributed by atoms with Crippen molar-refractivity contribution in [2.24, 2.45) is 0 Å². The van der Waals surface area contributed by atoms with Crippen LogP contribution in [-0.4, -0.2) is 43.8 Å². The Bertz CT molecular complexity index is 870. The molecule has 1 saturated heterocycles. The molecule has 1 aliphatic heterocycles. The molecular weight excluding hydrogens is 381 g/mol. The molecule has 1 amide bonds. The molecule has 3 rings (SSSR count). The van der Waals surface area contributed by atoms with Crippen LogP contribution in [0.15, 0.2) is 12.3 Å². The quantitative estimate of drug-likeness (QED) is 0.819.